The number of benzene rings is 1. The molecule has 124 valence electrons. The molecule has 0 saturated heterocycles. The average Bonchev–Trinajstić information content (AvgIpc) is 3.03. The van der Waals surface area contributed by atoms with E-state index in [0.717, 1.165) is 26.1 Å². The van der Waals surface area contributed by atoms with Gasteiger partial charge in [0.25, 0.3) is 0 Å². The van der Waals surface area contributed by atoms with Crippen LogP contribution in [0.5, 0.6) is 0 Å². The molecule has 3 rings (SSSR count). The van der Waals surface area contributed by atoms with Crippen molar-refractivity contribution in [2.24, 2.45) is 0 Å². The number of hydrogen-bond acceptors (Lipinski definition) is 3. The summed E-state index contributed by atoms with van der Waals surface area (Å²) in [6, 6.07) is 10.6. The fourth-order valence-corrected chi connectivity index (χ4v) is 3.01. The van der Waals surface area contributed by atoms with Gasteiger partial charge in [-0.05, 0) is 30.5 Å². The normalized spacial score (nSPS) is 16.5. The third-order valence-electron chi connectivity index (χ3n) is 4.39. The minimum Gasteiger partial charge on any atom is -0.310 e. The number of aromatic nitrogens is 2. The van der Waals surface area contributed by atoms with Crippen molar-refractivity contribution >= 4 is 0 Å². The number of nitrogens with zero attached hydrogens (tertiary/aromatic N) is 3. The van der Waals surface area contributed by atoms with E-state index in [-0.39, 0.29) is 0 Å². The Kier molecular flexibility index (Phi) is 5.03. The zero-order valence-electron chi connectivity index (χ0n) is 13.3. The topological polar surface area (TPSA) is 33.1 Å². The molecule has 1 aromatic heterocycles. The summed E-state index contributed by atoms with van der Waals surface area (Å²) in [7, 11) is 0. The summed E-state index contributed by atoms with van der Waals surface area (Å²) >= 11 is 0. The molecule has 0 spiro atoms. The minimum atomic E-state index is -2.57. The van der Waals surface area contributed by atoms with Gasteiger partial charge in [-0.15, -0.1) is 0 Å². The maximum atomic E-state index is 12.5. The lowest BCUT2D eigenvalue weighted by Gasteiger charge is -2.33. The van der Waals surface area contributed by atoms with Crippen molar-refractivity contribution in [2.75, 3.05) is 13.1 Å². The zero-order valence-corrected chi connectivity index (χ0v) is 13.3. The molecule has 0 bridgehead atoms. The Bertz CT molecular complexity index is 641. The van der Waals surface area contributed by atoms with E-state index >= 15 is 0 Å². The zero-order chi connectivity index (χ0) is 16.2. The summed E-state index contributed by atoms with van der Waals surface area (Å²) in [5.41, 5.74) is 3.49. The van der Waals surface area contributed by atoms with Gasteiger partial charge in [0, 0.05) is 38.4 Å². The van der Waals surface area contributed by atoms with Crippen molar-refractivity contribution < 1.29 is 8.78 Å². The lowest BCUT2D eigenvalue weighted by molar-refractivity contribution is 0.0561. The van der Waals surface area contributed by atoms with Crippen LogP contribution in [-0.2, 0) is 19.5 Å². The minimum absolute atomic E-state index is 0.389. The Balaban J connectivity index is 1.47. The van der Waals surface area contributed by atoms with Crippen LogP contribution < -0.4 is 5.32 Å². The number of halogens is 2. The summed E-state index contributed by atoms with van der Waals surface area (Å²) in [6.45, 7) is 2.96. The molecule has 2 heterocycles. The van der Waals surface area contributed by atoms with Crippen molar-refractivity contribution in [2.45, 2.75) is 39.0 Å². The Labute approximate surface area is 135 Å². The Morgan fingerprint density at radius 2 is 2.00 bits per heavy atom. The monoisotopic (exact) mass is 320 g/mol. The summed E-state index contributed by atoms with van der Waals surface area (Å²) in [6.07, 6.45) is 2.39. The van der Waals surface area contributed by atoms with Crippen LogP contribution in [0.4, 0.5) is 8.78 Å². The predicted octanol–water partition coefficient (Wildman–Crippen LogP) is 2.81. The highest BCUT2D eigenvalue weighted by atomic mass is 19.3. The van der Waals surface area contributed by atoms with E-state index in [1.165, 1.54) is 17.3 Å². The maximum Gasteiger partial charge on any atom is 0.333 e. The largest absolute Gasteiger partial charge is 0.333 e. The SMILES string of the molecule is CC(CNCc1ccn(C(F)F)n1)N1CCc2ccccc2C1. The first-order valence-corrected chi connectivity index (χ1v) is 7.97. The van der Waals surface area contributed by atoms with Gasteiger partial charge in [-0.2, -0.15) is 13.9 Å². The van der Waals surface area contributed by atoms with Crippen LogP contribution in [0.25, 0.3) is 0 Å². The molecule has 1 aliphatic heterocycles. The Morgan fingerprint density at radius 1 is 1.22 bits per heavy atom. The lowest BCUT2D eigenvalue weighted by atomic mass is 9.99. The van der Waals surface area contributed by atoms with Crippen molar-refractivity contribution in [3.63, 3.8) is 0 Å². The summed E-state index contributed by atoms with van der Waals surface area (Å²) in [5.74, 6) is 0. The molecule has 1 aliphatic rings. The highest BCUT2D eigenvalue weighted by Gasteiger charge is 2.20. The number of alkyl halides is 2. The van der Waals surface area contributed by atoms with E-state index in [2.05, 4.69) is 46.5 Å². The Hall–Kier alpha value is -1.79. The summed E-state index contributed by atoms with van der Waals surface area (Å²) < 4.78 is 25.6. The first kappa shape index (κ1) is 16.1. The number of nitrogens with one attached hydrogen (secondary N) is 1. The quantitative estimate of drug-likeness (QED) is 0.888. The van der Waals surface area contributed by atoms with Gasteiger partial charge in [0.05, 0.1) is 5.69 Å². The highest BCUT2D eigenvalue weighted by Crippen LogP contribution is 2.20. The van der Waals surface area contributed by atoms with Gasteiger partial charge in [-0.1, -0.05) is 24.3 Å². The van der Waals surface area contributed by atoms with Crippen LogP contribution in [-0.4, -0.2) is 33.8 Å². The van der Waals surface area contributed by atoms with Crippen LogP contribution >= 0.6 is 0 Å². The van der Waals surface area contributed by atoms with Crippen molar-refractivity contribution in [1.29, 1.82) is 0 Å². The molecular weight excluding hydrogens is 298 g/mol. The maximum absolute atomic E-state index is 12.5. The molecule has 4 nitrogen and oxygen atoms in total. The average molecular weight is 320 g/mol. The van der Waals surface area contributed by atoms with E-state index in [9.17, 15) is 8.78 Å². The van der Waals surface area contributed by atoms with Crippen molar-refractivity contribution in [1.82, 2.24) is 20.0 Å². The van der Waals surface area contributed by atoms with E-state index < -0.39 is 6.55 Å². The summed E-state index contributed by atoms with van der Waals surface area (Å²) in [4.78, 5) is 2.45. The second-order valence-electron chi connectivity index (χ2n) is 6.03. The predicted molar refractivity (Wildman–Crippen MR) is 85.2 cm³/mol. The molecule has 1 aromatic carbocycles. The van der Waals surface area contributed by atoms with E-state index in [4.69, 9.17) is 0 Å². The smallest absolute Gasteiger partial charge is 0.310 e. The third kappa shape index (κ3) is 3.95. The van der Waals surface area contributed by atoms with E-state index in [1.807, 2.05) is 0 Å². The van der Waals surface area contributed by atoms with Crippen LogP contribution in [0.3, 0.4) is 0 Å². The molecule has 6 heteroatoms. The molecule has 23 heavy (non-hydrogen) atoms. The first-order valence-electron chi connectivity index (χ1n) is 7.97. The molecule has 0 aliphatic carbocycles. The van der Waals surface area contributed by atoms with Gasteiger partial charge < -0.3 is 5.32 Å². The van der Waals surface area contributed by atoms with Crippen LogP contribution in [0, 0.1) is 0 Å². The fourth-order valence-electron chi connectivity index (χ4n) is 3.01. The molecule has 1 unspecified atom stereocenters. The number of hydrogen-bond donors (Lipinski definition) is 1. The molecule has 2 aromatic rings. The summed E-state index contributed by atoms with van der Waals surface area (Å²) in [5, 5.41) is 7.15. The van der Waals surface area contributed by atoms with Crippen LogP contribution in [0.2, 0.25) is 0 Å². The molecule has 0 fully saturated rings. The fraction of sp³-hybridized carbons (Fsp3) is 0.471. The van der Waals surface area contributed by atoms with Crippen LogP contribution in [0.1, 0.15) is 30.3 Å². The number of fused-ring (bicyclic) bond motifs is 1. The van der Waals surface area contributed by atoms with Gasteiger partial charge in [-0.25, -0.2) is 4.68 Å². The first-order chi connectivity index (χ1) is 11.1. The molecule has 1 atom stereocenters. The number of rotatable bonds is 6. The second-order valence-corrected chi connectivity index (χ2v) is 6.03. The molecule has 0 amide bonds. The van der Waals surface area contributed by atoms with Crippen LogP contribution in [0.15, 0.2) is 36.5 Å². The molecule has 0 saturated carbocycles. The Morgan fingerprint density at radius 3 is 2.74 bits per heavy atom. The molecular formula is C17H22F2N4. The van der Waals surface area contributed by atoms with Gasteiger partial charge >= 0.3 is 6.55 Å². The standard InChI is InChI=1S/C17H22F2N4/c1-13(10-20-11-16-7-9-23(21-16)17(18)19)22-8-6-14-4-2-3-5-15(14)12-22/h2-5,7,9,13,17,20H,6,8,10-12H2,1H3. The van der Waals surface area contributed by atoms with Gasteiger partial charge in [0.15, 0.2) is 0 Å². The second kappa shape index (κ2) is 7.19. The van der Waals surface area contributed by atoms with Gasteiger partial charge in [0.2, 0.25) is 0 Å². The van der Waals surface area contributed by atoms with Gasteiger partial charge in [0.1, 0.15) is 0 Å². The van der Waals surface area contributed by atoms with Crippen molar-refractivity contribution in [3.8, 4) is 0 Å². The van der Waals surface area contributed by atoms with Crippen molar-refractivity contribution in [3.05, 3.63) is 53.3 Å². The third-order valence-corrected chi connectivity index (χ3v) is 4.39. The molecule has 0 radical (unpaired) electrons. The van der Waals surface area contributed by atoms with E-state index in [1.54, 1.807) is 6.07 Å². The van der Waals surface area contributed by atoms with E-state index in [0.29, 0.717) is 23.0 Å². The van der Waals surface area contributed by atoms with Gasteiger partial charge in [-0.3, -0.25) is 4.90 Å². The lowest BCUT2D eigenvalue weighted by Crippen LogP contribution is -2.42. The highest BCUT2D eigenvalue weighted by molar-refractivity contribution is 5.29. The molecule has 1 N–H and O–H groups in total.